The molecular weight excluding hydrogens is 360 g/mol. The number of rotatable bonds is 8. The van der Waals surface area contributed by atoms with Crippen molar-refractivity contribution >= 4 is 17.7 Å². The molecule has 0 aliphatic heterocycles. The number of aromatic nitrogens is 3. The highest BCUT2D eigenvalue weighted by molar-refractivity contribution is 8.00. The van der Waals surface area contributed by atoms with Crippen LogP contribution in [0.5, 0.6) is 5.75 Å². The van der Waals surface area contributed by atoms with E-state index in [1.807, 2.05) is 35.8 Å². The van der Waals surface area contributed by atoms with E-state index in [9.17, 15) is 4.79 Å². The van der Waals surface area contributed by atoms with Gasteiger partial charge in [0.1, 0.15) is 5.75 Å². The number of thioether (sulfide) groups is 1. The first-order chi connectivity index (χ1) is 13.1. The number of allylic oxidation sites excluding steroid dienone is 1. The number of nitrogens with one attached hydrogen (secondary N) is 1. The Hall–Kier alpha value is -2.28. The van der Waals surface area contributed by atoms with Crippen LogP contribution in [0.4, 0.5) is 0 Å². The normalized spacial score (nSPS) is 15.5. The lowest BCUT2D eigenvalue weighted by Crippen LogP contribution is -2.37. The highest BCUT2D eigenvalue weighted by atomic mass is 32.2. The Kier molecular flexibility index (Phi) is 6.55. The Labute approximate surface area is 164 Å². The van der Waals surface area contributed by atoms with E-state index < -0.39 is 0 Å². The third-order valence-electron chi connectivity index (χ3n) is 4.73. The summed E-state index contributed by atoms with van der Waals surface area (Å²) in [6.45, 7) is 6.30. The number of benzene rings is 1. The molecule has 0 unspecified atom stereocenters. The maximum Gasteiger partial charge on any atom is 0.233 e. The van der Waals surface area contributed by atoms with E-state index in [1.165, 1.54) is 24.6 Å². The summed E-state index contributed by atoms with van der Waals surface area (Å²) in [5.41, 5.74) is 0.865. The zero-order valence-corrected chi connectivity index (χ0v) is 16.7. The number of carbonyl (C=O) groups is 1. The number of amides is 1. The van der Waals surface area contributed by atoms with Crippen molar-refractivity contribution in [3.63, 3.8) is 0 Å². The molecule has 2 aromatic rings. The van der Waals surface area contributed by atoms with E-state index >= 15 is 0 Å². The van der Waals surface area contributed by atoms with Crippen molar-refractivity contribution in [2.75, 3.05) is 7.11 Å². The van der Waals surface area contributed by atoms with Gasteiger partial charge in [-0.2, -0.15) is 0 Å². The lowest BCUT2D eigenvalue weighted by molar-refractivity contribution is -0.120. The van der Waals surface area contributed by atoms with Crippen molar-refractivity contribution in [3.8, 4) is 17.1 Å². The van der Waals surface area contributed by atoms with Crippen LogP contribution >= 0.6 is 11.8 Å². The van der Waals surface area contributed by atoms with Gasteiger partial charge in [-0.1, -0.05) is 42.8 Å². The van der Waals surface area contributed by atoms with Crippen LogP contribution in [0.25, 0.3) is 11.4 Å². The minimum absolute atomic E-state index is 0.0545. The molecule has 27 heavy (non-hydrogen) atoms. The highest BCUT2D eigenvalue weighted by Crippen LogP contribution is 2.32. The summed E-state index contributed by atoms with van der Waals surface area (Å²) in [7, 11) is 1.64. The Morgan fingerprint density at radius 2 is 2.15 bits per heavy atom. The monoisotopic (exact) mass is 386 g/mol. The summed E-state index contributed by atoms with van der Waals surface area (Å²) in [6.07, 6.45) is 6.35. The smallest absolute Gasteiger partial charge is 0.233 e. The van der Waals surface area contributed by atoms with Crippen LogP contribution in [0, 0.1) is 0 Å². The zero-order valence-electron chi connectivity index (χ0n) is 15.9. The molecule has 0 bridgehead atoms. The molecule has 0 spiro atoms. The Morgan fingerprint density at radius 3 is 2.85 bits per heavy atom. The number of methoxy groups -OCH3 is 1. The first-order valence-electron chi connectivity index (χ1n) is 9.28. The van der Waals surface area contributed by atoms with Crippen LogP contribution in [0.1, 0.15) is 32.6 Å². The quantitative estimate of drug-likeness (QED) is 0.554. The number of hydrogen-bond donors (Lipinski definition) is 1. The number of hydrogen-bond acceptors (Lipinski definition) is 5. The van der Waals surface area contributed by atoms with E-state index in [-0.39, 0.29) is 11.2 Å². The van der Waals surface area contributed by atoms with Gasteiger partial charge in [-0.05, 0) is 31.9 Å². The summed E-state index contributed by atoms with van der Waals surface area (Å²) in [4.78, 5) is 12.5. The van der Waals surface area contributed by atoms with E-state index in [4.69, 9.17) is 4.74 Å². The zero-order chi connectivity index (χ0) is 19.2. The van der Waals surface area contributed by atoms with Crippen molar-refractivity contribution in [1.82, 2.24) is 20.1 Å². The van der Waals surface area contributed by atoms with Gasteiger partial charge in [-0.25, -0.2) is 0 Å². The summed E-state index contributed by atoms with van der Waals surface area (Å²) in [5, 5.41) is 12.3. The molecule has 1 heterocycles. The molecule has 1 atom stereocenters. The molecule has 1 aromatic heterocycles. The maximum atomic E-state index is 12.5. The molecule has 1 amide bonds. The van der Waals surface area contributed by atoms with Crippen LogP contribution in [0.3, 0.4) is 0 Å². The first kappa shape index (κ1) is 19.5. The fourth-order valence-corrected chi connectivity index (χ4v) is 4.17. The minimum Gasteiger partial charge on any atom is -0.496 e. The third-order valence-corrected chi connectivity index (χ3v) is 5.81. The molecule has 1 aliphatic carbocycles. The van der Waals surface area contributed by atoms with Crippen LogP contribution < -0.4 is 10.1 Å². The first-order valence-corrected chi connectivity index (χ1v) is 10.2. The van der Waals surface area contributed by atoms with Crippen LogP contribution in [0.15, 0.2) is 42.1 Å². The maximum absolute atomic E-state index is 12.5. The number of ether oxygens (including phenoxy) is 1. The molecule has 1 saturated carbocycles. The molecule has 1 fully saturated rings. The summed E-state index contributed by atoms with van der Waals surface area (Å²) < 4.78 is 7.43. The average molecular weight is 387 g/mol. The van der Waals surface area contributed by atoms with Crippen LogP contribution in [-0.2, 0) is 11.3 Å². The predicted octanol–water partition coefficient (Wildman–Crippen LogP) is 3.68. The number of carbonyl (C=O) groups excluding carboxylic acids is 1. The highest BCUT2D eigenvalue weighted by Gasteiger charge is 2.24. The van der Waals surface area contributed by atoms with Gasteiger partial charge < -0.3 is 10.1 Å². The lowest BCUT2D eigenvalue weighted by Gasteiger charge is -2.16. The molecule has 7 heteroatoms. The van der Waals surface area contributed by atoms with E-state index in [0.717, 1.165) is 24.2 Å². The molecule has 6 nitrogen and oxygen atoms in total. The summed E-state index contributed by atoms with van der Waals surface area (Å²) in [6, 6.07) is 8.02. The van der Waals surface area contributed by atoms with Gasteiger partial charge in [0.05, 0.1) is 17.9 Å². The Morgan fingerprint density at radius 1 is 1.41 bits per heavy atom. The van der Waals surface area contributed by atoms with Gasteiger partial charge in [0, 0.05) is 12.6 Å². The standard InChI is InChI=1S/C20H26N4O2S/c1-4-13-24-18(16-11-7-8-12-17(16)26-3)22-23-20(24)27-14(2)19(25)21-15-9-5-6-10-15/h4,7-8,11-12,14-15H,1,5-6,9-10,13H2,2-3H3,(H,21,25)/t14-/m0/s1. The van der Waals surface area contributed by atoms with Crippen LogP contribution in [-0.4, -0.2) is 39.1 Å². The molecule has 0 saturated heterocycles. The van der Waals surface area contributed by atoms with Gasteiger partial charge in [0.15, 0.2) is 11.0 Å². The van der Waals surface area contributed by atoms with Crippen molar-refractivity contribution in [2.24, 2.45) is 0 Å². The average Bonchev–Trinajstić information content (AvgIpc) is 3.32. The topological polar surface area (TPSA) is 69.0 Å². The molecule has 3 rings (SSSR count). The van der Waals surface area contributed by atoms with Crippen molar-refractivity contribution in [3.05, 3.63) is 36.9 Å². The summed E-state index contributed by atoms with van der Waals surface area (Å²) >= 11 is 1.42. The van der Waals surface area contributed by atoms with Gasteiger partial charge >= 0.3 is 0 Å². The van der Waals surface area contributed by atoms with Crippen molar-refractivity contribution < 1.29 is 9.53 Å². The van der Waals surface area contributed by atoms with Gasteiger partial charge in [0.25, 0.3) is 0 Å². The van der Waals surface area contributed by atoms with E-state index in [0.29, 0.717) is 23.6 Å². The summed E-state index contributed by atoms with van der Waals surface area (Å²) in [5.74, 6) is 1.50. The van der Waals surface area contributed by atoms with Gasteiger partial charge in [0.2, 0.25) is 5.91 Å². The van der Waals surface area contributed by atoms with Gasteiger partial charge in [-0.15, -0.1) is 16.8 Å². The minimum atomic E-state index is -0.246. The molecular formula is C20H26N4O2S. The number of para-hydroxylation sites is 1. The molecule has 144 valence electrons. The third kappa shape index (κ3) is 4.53. The van der Waals surface area contributed by atoms with E-state index in [2.05, 4.69) is 22.1 Å². The second kappa shape index (κ2) is 9.08. The molecule has 1 N–H and O–H groups in total. The fourth-order valence-electron chi connectivity index (χ4n) is 3.30. The van der Waals surface area contributed by atoms with E-state index in [1.54, 1.807) is 13.2 Å². The SMILES string of the molecule is C=CCn1c(S[C@@H](C)C(=O)NC2CCCC2)nnc1-c1ccccc1OC. The second-order valence-electron chi connectivity index (χ2n) is 6.66. The fraction of sp³-hybridized carbons (Fsp3) is 0.450. The van der Waals surface area contributed by atoms with Gasteiger partial charge in [-0.3, -0.25) is 9.36 Å². The predicted molar refractivity (Wildman–Crippen MR) is 108 cm³/mol. The second-order valence-corrected chi connectivity index (χ2v) is 7.96. The van der Waals surface area contributed by atoms with Crippen molar-refractivity contribution in [1.29, 1.82) is 0 Å². The van der Waals surface area contributed by atoms with Crippen LogP contribution in [0.2, 0.25) is 0 Å². The Balaban J connectivity index is 1.80. The lowest BCUT2D eigenvalue weighted by atomic mass is 10.2. The Bertz CT molecular complexity index is 799. The largest absolute Gasteiger partial charge is 0.496 e. The van der Waals surface area contributed by atoms with Crippen molar-refractivity contribution in [2.45, 2.75) is 55.6 Å². The molecule has 0 radical (unpaired) electrons. The molecule has 1 aliphatic rings. The molecule has 1 aromatic carbocycles. The number of nitrogens with zero attached hydrogens (tertiary/aromatic N) is 3.